The summed E-state index contributed by atoms with van der Waals surface area (Å²) in [6.45, 7) is 2.20. The first-order valence-electron chi connectivity index (χ1n) is 3.28. The van der Waals surface area contributed by atoms with Crippen molar-refractivity contribution in [2.75, 3.05) is 6.54 Å². The monoisotopic (exact) mass is 143 g/mol. The van der Waals surface area contributed by atoms with Crippen molar-refractivity contribution in [2.24, 2.45) is 5.73 Å². The highest BCUT2D eigenvalue weighted by Gasteiger charge is 1.96. The molecule has 0 spiro atoms. The molecule has 3 N–H and O–H groups in total. The molecule has 0 amide bonds. The van der Waals surface area contributed by atoms with Gasteiger partial charge in [-0.15, -0.1) is 0 Å². The van der Waals surface area contributed by atoms with E-state index in [0.29, 0.717) is 12.1 Å². The standard InChI is InChI=1S/C7H13NO2/c1-6(7(9)10)4-2-3-5-8/h4H,2-3,5,8H2,1H3,(H,9,10). The predicted octanol–water partition coefficient (Wildman–Crippen LogP) is 0.756. The number of hydrogen-bond donors (Lipinski definition) is 2. The molecule has 3 nitrogen and oxygen atoms in total. The Balaban J connectivity index is 3.58. The van der Waals surface area contributed by atoms with Gasteiger partial charge in [0.25, 0.3) is 0 Å². The second-order valence-corrected chi connectivity index (χ2v) is 2.12. The molecule has 0 aliphatic heterocycles. The van der Waals surface area contributed by atoms with E-state index in [1.165, 1.54) is 0 Å². The first kappa shape index (κ1) is 9.17. The molecular weight excluding hydrogens is 130 g/mol. The lowest BCUT2D eigenvalue weighted by molar-refractivity contribution is -0.132. The van der Waals surface area contributed by atoms with Gasteiger partial charge in [0.2, 0.25) is 0 Å². The van der Waals surface area contributed by atoms with Gasteiger partial charge < -0.3 is 10.8 Å². The summed E-state index contributed by atoms with van der Waals surface area (Å²) in [5, 5.41) is 8.38. The maximum atomic E-state index is 10.2. The average Bonchev–Trinajstić information content (AvgIpc) is 1.88. The van der Waals surface area contributed by atoms with Crippen molar-refractivity contribution in [1.29, 1.82) is 0 Å². The second-order valence-electron chi connectivity index (χ2n) is 2.12. The molecule has 0 fully saturated rings. The van der Waals surface area contributed by atoms with Crippen molar-refractivity contribution in [3.05, 3.63) is 11.6 Å². The Morgan fingerprint density at radius 2 is 2.30 bits per heavy atom. The fourth-order valence-corrected chi connectivity index (χ4v) is 0.524. The molecule has 0 rings (SSSR count). The van der Waals surface area contributed by atoms with Gasteiger partial charge in [-0.25, -0.2) is 4.79 Å². The smallest absolute Gasteiger partial charge is 0.330 e. The van der Waals surface area contributed by atoms with Crippen molar-refractivity contribution in [2.45, 2.75) is 19.8 Å². The number of carboxylic acid groups (broad SMARTS) is 1. The summed E-state index contributed by atoms with van der Waals surface area (Å²) in [4.78, 5) is 10.2. The summed E-state index contributed by atoms with van der Waals surface area (Å²) in [5.41, 5.74) is 5.61. The van der Waals surface area contributed by atoms with Gasteiger partial charge in [-0.1, -0.05) is 6.08 Å². The highest BCUT2D eigenvalue weighted by molar-refractivity contribution is 5.85. The van der Waals surface area contributed by atoms with Crippen LogP contribution in [0.5, 0.6) is 0 Å². The average molecular weight is 143 g/mol. The maximum Gasteiger partial charge on any atom is 0.330 e. The van der Waals surface area contributed by atoms with E-state index in [0.717, 1.165) is 12.8 Å². The van der Waals surface area contributed by atoms with E-state index in [2.05, 4.69) is 0 Å². The molecule has 0 aromatic rings. The third-order valence-electron chi connectivity index (χ3n) is 1.20. The maximum absolute atomic E-state index is 10.2. The van der Waals surface area contributed by atoms with Gasteiger partial charge in [0.1, 0.15) is 0 Å². The molecule has 3 heteroatoms. The Morgan fingerprint density at radius 3 is 2.70 bits per heavy atom. The predicted molar refractivity (Wildman–Crippen MR) is 39.7 cm³/mol. The molecule has 0 saturated heterocycles. The molecule has 0 unspecified atom stereocenters. The molecular formula is C7H13NO2. The minimum atomic E-state index is -0.850. The lowest BCUT2D eigenvalue weighted by Gasteiger charge is -1.92. The van der Waals surface area contributed by atoms with Crippen molar-refractivity contribution in [3.63, 3.8) is 0 Å². The minimum Gasteiger partial charge on any atom is -0.478 e. The SMILES string of the molecule is CC(=CCCCN)C(=O)O. The fourth-order valence-electron chi connectivity index (χ4n) is 0.524. The number of rotatable bonds is 4. The molecule has 0 heterocycles. The van der Waals surface area contributed by atoms with Crippen molar-refractivity contribution >= 4 is 5.97 Å². The van der Waals surface area contributed by atoms with E-state index in [9.17, 15) is 4.79 Å². The molecule has 0 aromatic heterocycles. The van der Waals surface area contributed by atoms with Crippen LogP contribution in [0.4, 0.5) is 0 Å². The largest absolute Gasteiger partial charge is 0.478 e. The van der Waals surface area contributed by atoms with Gasteiger partial charge in [-0.2, -0.15) is 0 Å². The Kier molecular flexibility index (Phi) is 4.58. The normalized spacial score (nSPS) is 11.6. The molecule has 0 saturated carbocycles. The zero-order chi connectivity index (χ0) is 7.98. The Labute approximate surface area is 60.5 Å². The number of unbranched alkanes of at least 4 members (excludes halogenated alkanes) is 1. The van der Waals surface area contributed by atoms with Gasteiger partial charge in [0, 0.05) is 5.57 Å². The lowest BCUT2D eigenvalue weighted by Crippen LogP contribution is -1.99. The number of carboxylic acids is 1. The third-order valence-corrected chi connectivity index (χ3v) is 1.20. The Bertz CT molecular complexity index is 141. The van der Waals surface area contributed by atoms with Crippen LogP contribution >= 0.6 is 0 Å². The first-order valence-corrected chi connectivity index (χ1v) is 3.28. The summed E-state index contributed by atoms with van der Waals surface area (Å²) in [6, 6.07) is 0. The van der Waals surface area contributed by atoms with Gasteiger partial charge in [-0.05, 0) is 26.3 Å². The first-order chi connectivity index (χ1) is 4.68. The third kappa shape index (κ3) is 4.09. The topological polar surface area (TPSA) is 63.3 Å². The van der Waals surface area contributed by atoms with E-state index in [4.69, 9.17) is 10.8 Å². The molecule has 0 aliphatic carbocycles. The highest BCUT2D eigenvalue weighted by atomic mass is 16.4. The van der Waals surface area contributed by atoms with Crippen LogP contribution in [0, 0.1) is 0 Å². The molecule has 0 radical (unpaired) electrons. The van der Waals surface area contributed by atoms with Crippen LogP contribution in [-0.4, -0.2) is 17.6 Å². The summed E-state index contributed by atoms with van der Waals surface area (Å²) in [7, 11) is 0. The van der Waals surface area contributed by atoms with Crippen LogP contribution < -0.4 is 5.73 Å². The van der Waals surface area contributed by atoms with Gasteiger partial charge in [0.15, 0.2) is 0 Å². The zero-order valence-electron chi connectivity index (χ0n) is 6.13. The Morgan fingerprint density at radius 1 is 1.70 bits per heavy atom. The van der Waals surface area contributed by atoms with E-state index < -0.39 is 5.97 Å². The van der Waals surface area contributed by atoms with Crippen molar-refractivity contribution < 1.29 is 9.90 Å². The summed E-state index contributed by atoms with van der Waals surface area (Å²) < 4.78 is 0. The quantitative estimate of drug-likeness (QED) is 0.451. The molecule has 10 heavy (non-hydrogen) atoms. The van der Waals surface area contributed by atoms with Crippen LogP contribution in [0.3, 0.4) is 0 Å². The lowest BCUT2D eigenvalue weighted by atomic mass is 10.2. The van der Waals surface area contributed by atoms with Gasteiger partial charge in [0.05, 0.1) is 0 Å². The second kappa shape index (κ2) is 4.99. The van der Waals surface area contributed by atoms with Crippen molar-refractivity contribution in [3.8, 4) is 0 Å². The van der Waals surface area contributed by atoms with E-state index in [1.807, 2.05) is 0 Å². The number of aliphatic carboxylic acids is 1. The summed E-state index contributed by atoms with van der Waals surface area (Å²) in [5.74, 6) is -0.850. The van der Waals surface area contributed by atoms with Crippen molar-refractivity contribution in [1.82, 2.24) is 0 Å². The number of nitrogens with two attached hydrogens (primary N) is 1. The van der Waals surface area contributed by atoms with Crippen LogP contribution in [-0.2, 0) is 4.79 Å². The highest BCUT2D eigenvalue weighted by Crippen LogP contribution is 1.96. The summed E-state index contributed by atoms with van der Waals surface area (Å²) >= 11 is 0. The fraction of sp³-hybridized carbons (Fsp3) is 0.571. The molecule has 0 aliphatic rings. The van der Waals surface area contributed by atoms with Gasteiger partial charge >= 0.3 is 5.97 Å². The number of allylic oxidation sites excluding steroid dienone is 1. The minimum absolute atomic E-state index is 0.397. The van der Waals surface area contributed by atoms with E-state index >= 15 is 0 Å². The van der Waals surface area contributed by atoms with Crippen LogP contribution in [0.15, 0.2) is 11.6 Å². The van der Waals surface area contributed by atoms with E-state index in [-0.39, 0.29) is 0 Å². The number of hydrogen-bond acceptors (Lipinski definition) is 2. The molecule has 0 aromatic carbocycles. The molecule has 58 valence electrons. The van der Waals surface area contributed by atoms with Crippen LogP contribution in [0.2, 0.25) is 0 Å². The summed E-state index contributed by atoms with van der Waals surface area (Å²) in [6.07, 6.45) is 3.30. The molecule has 0 atom stereocenters. The molecule has 0 bridgehead atoms. The van der Waals surface area contributed by atoms with E-state index in [1.54, 1.807) is 13.0 Å². The van der Waals surface area contributed by atoms with Gasteiger partial charge in [-0.3, -0.25) is 0 Å². The Hall–Kier alpha value is -0.830. The van der Waals surface area contributed by atoms with Crippen LogP contribution in [0.25, 0.3) is 0 Å². The van der Waals surface area contributed by atoms with Crippen LogP contribution in [0.1, 0.15) is 19.8 Å². The number of carbonyl (C=O) groups is 1. The zero-order valence-corrected chi connectivity index (χ0v) is 6.13.